The Bertz CT molecular complexity index is 1090. The van der Waals surface area contributed by atoms with E-state index in [0.29, 0.717) is 39.8 Å². The van der Waals surface area contributed by atoms with Crippen LogP contribution in [0.3, 0.4) is 0 Å². The molecule has 168 valence electrons. The number of methoxy groups -OCH3 is 3. The number of likely N-dealkylation sites (tertiary alicyclic amines) is 1. The zero-order valence-electron chi connectivity index (χ0n) is 18.8. The summed E-state index contributed by atoms with van der Waals surface area (Å²) in [5.74, 6) is 2.08. The molecule has 2 heterocycles. The zero-order chi connectivity index (χ0) is 22.7. The Morgan fingerprint density at radius 3 is 2.44 bits per heavy atom. The van der Waals surface area contributed by atoms with Gasteiger partial charge >= 0.3 is 0 Å². The molecular weight excluding hydrogens is 410 g/mol. The number of hydrogen-bond donors (Lipinski definition) is 0. The van der Waals surface area contributed by atoms with Gasteiger partial charge < -0.3 is 23.6 Å². The van der Waals surface area contributed by atoms with Crippen molar-refractivity contribution in [2.24, 2.45) is 0 Å². The minimum Gasteiger partial charge on any atom is -0.493 e. The van der Waals surface area contributed by atoms with E-state index in [1.54, 1.807) is 33.5 Å². The molecule has 1 saturated heterocycles. The van der Waals surface area contributed by atoms with Gasteiger partial charge in [-0.3, -0.25) is 4.79 Å². The largest absolute Gasteiger partial charge is 0.493 e. The molecule has 1 aliphatic rings. The van der Waals surface area contributed by atoms with Crippen LogP contribution in [0.25, 0.3) is 22.8 Å². The first kappa shape index (κ1) is 21.7. The predicted octanol–water partition coefficient (Wildman–Crippen LogP) is 4.44. The van der Waals surface area contributed by atoms with Crippen molar-refractivity contribution >= 4 is 5.91 Å². The van der Waals surface area contributed by atoms with Gasteiger partial charge in [0.25, 0.3) is 11.8 Å². The van der Waals surface area contributed by atoms with Gasteiger partial charge in [-0.15, -0.1) is 0 Å². The van der Waals surface area contributed by atoms with E-state index in [1.807, 2.05) is 29.2 Å². The molecule has 0 bridgehead atoms. The van der Waals surface area contributed by atoms with E-state index in [4.69, 9.17) is 18.7 Å². The van der Waals surface area contributed by atoms with Gasteiger partial charge in [0.1, 0.15) is 0 Å². The topological polar surface area (TPSA) is 86.9 Å². The van der Waals surface area contributed by atoms with Crippen molar-refractivity contribution in [1.82, 2.24) is 15.0 Å². The first-order valence-corrected chi connectivity index (χ1v) is 10.6. The van der Waals surface area contributed by atoms with Crippen molar-refractivity contribution in [3.63, 3.8) is 0 Å². The highest BCUT2D eigenvalue weighted by Crippen LogP contribution is 2.41. The van der Waals surface area contributed by atoms with Crippen LogP contribution in [-0.4, -0.2) is 54.9 Å². The molecule has 0 radical (unpaired) electrons. The van der Waals surface area contributed by atoms with Crippen LogP contribution in [0, 0.1) is 0 Å². The molecule has 1 atom stereocenters. The van der Waals surface area contributed by atoms with Gasteiger partial charge in [0.05, 0.1) is 32.5 Å². The lowest BCUT2D eigenvalue weighted by molar-refractivity contribution is 0.0636. The van der Waals surface area contributed by atoms with E-state index in [9.17, 15) is 4.79 Å². The molecule has 1 aliphatic heterocycles. The first-order valence-electron chi connectivity index (χ1n) is 10.6. The fraction of sp³-hybridized carbons (Fsp3) is 0.375. The number of carbonyl (C=O) groups excluding carboxylic acids is 1. The van der Waals surface area contributed by atoms with Crippen LogP contribution >= 0.6 is 0 Å². The number of carbonyl (C=O) groups is 1. The minimum atomic E-state index is -0.0136. The molecule has 3 aromatic rings. The van der Waals surface area contributed by atoms with Gasteiger partial charge in [-0.05, 0) is 50.5 Å². The lowest BCUT2D eigenvalue weighted by Gasteiger charge is -2.33. The van der Waals surface area contributed by atoms with Crippen molar-refractivity contribution in [3.05, 3.63) is 42.0 Å². The zero-order valence-corrected chi connectivity index (χ0v) is 18.8. The second-order valence-electron chi connectivity index (χ2n) is 7.73. The van der Waals surface area contributed by atoms with Gasteiger partial charge in [0.2, 0.25) is 11.6 Å². The number of hydrogen-bond acceptors (Lipinski definition) is 7. The van der Waals surface area contributed by atoms with Crippen LogP contribution in [0.2, 0.25) is 0 Å². The lowest BCUT2D eigenvalue weighted by atomic mass is 10.00. The van der Waals surface area contributed by atoms with Crippen molar-refractivity contribution in [2.45, 2.75) is 32.2 Å². The average molecular weight is 437 g/mol. The molecule has 1 fully saturated rings. The molecule has 8 nitrogen and oxygen atoms in total. The molecule has 2 aromatic carbocycles. The molecule has 0 N–H and O–H groups in total. The molecule has 32 heavy (non-hydrogen) atoms. The highest BCUT2D eigenvalue weighted by atomic mass is 16.5. The Kier molecular flexibility index (Phi) is 6.30. The maximum atomic E-state index is 13.3. The molecule has 1 amide bonds. The van der Waals surface area contributed by atoms with E-state index in [-0.39, 0.29) is 17.8 Å². The van der Waals surface area contributed by atoms with Crippen molar-refractivity contribution < 1.29 is 23.5 Å². The van der Waals surface area contributed by atoms with E-state index >= 15 is 0 Å². The third-order valence-electron chi connectivity index (χ3n) is 5.80. The molecule has 1 unspecified atom stereocenters. The number of amides is 1. The number of benzene rings is 2. The number of aromatic nitrogens is 2. The number of ether oxygens (including phenoxy) is 3. The van der Waals surface area contributed by atoms with Crippen LogP contribution in [-0.2, 0) is 0 Å². The summed E-state index contributed by atoms with van der Waals surface area (Å²) < 4.78 is 21.8. The molecule has 8 heteroatoms. The summed E-state index contributed by atoms with van der Waals surface area (Å²) in [7, 11) is 4.64. The van der Waals surface area contributed by atoms with Gasteiger partial charge in [-0.2, -0.15) is 4.98 Å². The van der Waals surface area contributed by atoms with Gasteiger partial charge in [0.15, 0.2) is 11.5 Å². The van der Waals surface area contributed by atoms with E-state index in [1.165, 1.54) is 0 Å². The summed E-state index contributed by atoms with van der Waals surface area (Å²) >= 11 is 0. The third kappa shape index (κ3) is 4.00. The number of nitrogens with zero attached hydrogens (tertiary/aromatic N) is 3. The second kappa shape index (κ2) is 9.30. The summed E-state index contributed by atoms with van der Waals surface area (Å²) in [6, 6.07) is 11.1. The van der Waals surface area contributed by atoms with Crippen molar-refractivity contribution in [1.29, 1.82) is 0 Å². The third-order valence-corrected chi connectivity index (χ3v) is 5.80. The standard InChI is InChI=1S/C24H27N3O5/c1-15-9-7-8-12-27(15)24(28)18-11-6-5-10-17(18)23-25-22(26-32-23)16-13-19(29-2)21(31-4)20(14-16)30-3/h5-6,10-11,13-15H,7-9,12H2,1-4H3. The van der Waals surface area contributed by atoms with Crippen molar-refractivity contribution in [2.75, 3.05) is 27.9 Å². The summed E-state index contributed by atoms with van der Waals surface area (Å²) in [6.07, 6.45) is 3.18. The van der Waals surface area contributed by atoms with Gasteiger partial charge in [0, 0.05) is 18.2 Å². The quantitative estimate of drug-likeness (QED) is 0.563. The Morgan fingerprint density at radius 1 is 1.06 bits per heavy atom. The van der Waals surface area contributed by atoms with Crippen LogP contribution in [0.15, 0.2) is 40.9 Å². The predicted molar refractivity (Wildman–Crippen MR) is 119 cm³/mol. The van der Waals surface area contributed by atoms with E-state index < -0.39 is 0 Å². The molecule has 0 aliphatic carbocycles. The van der Waals surface area contributed by atoms with Gasteiger partial charge in [-0.25, -0.2) is 0 Å². The lowest BCUT2D eigenvalue weighted by Crippen LogP contribution is -2.42. The highest BCUT2D eigenvalue weighted by molar-refractivity contribution is 6.00. The van der Waals surface area contributed by atoms with Crippen LogP contribution in [0.5, 0.6) is 17.2 Å². The number of piperidine rings is 1. The van der Waals surface area contributed by atoms with E-state index in [0.717, 1.165) is 25.8 Å². The molecular formula is C24H27N3O5. The normalized spacial score (nSPS) is 16.0. The van der Waals surface area contributed by atoms with Crippen LogP contribution in [0.1, 0.15) is 36.5 Å². The Hall–Kier alpha value is -3.55. The van der Waals surface area contributed by atoms with Crippen LogP contribution in [0.4, 0.5) is 0 Å². The summed E-state index contributed by atoms with van der Waals surface area (Å²) in [6.45, 7) is 2.85. The second-order valence-corrected chi connectivity index (χ2v) is 7.73. The highest BCUT2D eigenvalue weighted by Gasteiger charge is 2.27. The fourth-order valence-electron chi connectivity index (χ4n) is 4.07. The summed E-state index contributed by atoms with van der Waals surface area (Å²) in [5.41, 5.74) is 1.81. The van der Waals surface area contributed by atoms with Gasteiger partial charge in [-0.1, -0.05) is 17.3 Å². The smallest absolute Gasteiger partial charge is 0.259 e. The maximum Gasteiger partial charge on any atom is 0.259 e. The molecule has 0 saturated carbocycles. The Morgan fingerprint density at radius 2 is 1.78 bits per heavy atom. The SMILES string of the molecule is COc1cc(-c2noc(-c3ccccc3C(=O)N3CCCCC3C)n2)cc(OC)c1OC. The monoisotopic (exact) mass is 437 g/mol. The number of rotatable bonds is 6. The fourth-order valence-corrected chi connectivity index (χ4v) is 4.07. The maximum absolute atomic E-state index is 13.3. The van der Waals surface area contributed by atoms with Crippen molar-refractivity contribution in [3.8, 4) is 40.1 Å². The Balaban J connectivity index is 1.70. The first-order chi connectivity index (χ1) is 15.6. The van der Waals surface area contributed by atoms with E-state index in [2.05, 4.69) is 17.1 Å². The van der Waals surface area contributed by atoms with Crippen LogP contribution < -0.4 is 14.2 Å². The molecule has 4 rings (SSSR count). The average Bonchev–Trinajstić information content (AvgIpc) is 3.33. The summed E-state index contributed by atoms with van der Waals surface area (Å²) in [5, 5.41) is 4.13. The molecule has 0 spiro atoms. The molecule has 1 aromatic heterocycles. The Labute approximate surface area is 187 Å². The minimum absolute atomic E-state index is 0.0136. The summed E-state index contributed by atoms with van der Waals surface area (Å²) in [4.78, 5) is 19.8.